The summed E-state index contributed by atoms with van der Waals surface area (Å²) in [7, 11) is 0. The minimum atomic E-state index is -0.109. The van der Waals surface area contributed by atoms with Gasteiger partial charge in [0.15, 0.2) is 0 Å². The number of hydrogen-bond acceptors (Lipinski definition) is 2. The third-order valence-corrected chi connectivity index (χ3v) is 2.41. The van der Waals surface area contributed by atoms with Crippen molar-refractivity contribution >= 4 is 34.0 Å². The van der Waals surface area contributed by atoms with Gasteiger partial charge in [0.25, 0.3) is 0 Å². The molecule has 1 heterocycles. The number of carbonyl (C=O) groups is 1. The van der Waals surface area contributed by atoms with Gasteiger partial charge in [-0.1, -0.05) is 11.6 Å². The van der Waals surface area contributed by atoms with Crippen molar-refractivity contribution in [2.24, 2.45) is 0 Å². The Bertz CT molecular complexity index is 525. The largest absolute Gasteiger partial charge is 0.326 e. The third-order valence-electron chi connectivity index (χ3n) is 2.08. The molecule has 1 amide bonds. The first-order valence-corrected chi connectivity index (χ1v) is 4.86. The van der Waals surface area contributed by atoms with Crippen LogP contribution in [0.25, 0.3) is 10.8 Å². The highest BCUT2D eigenvalue weighted by molar-refractivity contribution is 6.36. The van der Waals surface area contributed by atoms with Gasteiger partial charge in [-0.15, -0.1) is 0 Å². The van der Waals surface area contributed by atoms with E-state index < -0.39 is 0 Å². The molecule has 0 unspecified atom stereocenters. The molecular formula is C11H9ClN2O. The maximum absolute atomic E-state index is 11.0. The summed E-state index contributed by atoms with van der Waals surface area (Å²) in [6.45, 7) is 1.47. The fourth-order valence-corrected chi connectivity index (χ4v) is 1.68. The smallest absolute Gasteiger partial charge is 0.221 e. The van der Waals surface area contributed by atoms with Gasteiger partial charge in [-0.05, 0) is 18.2 Å². The van der Waals surface area contributed by atoms with E-state index in [4.69, 9.17) is 11.6 Å². The summed E-state index contributed by atoms with van der Waals surface area (Å²) in [5.74, 6) is -0.109. The zero-order chi connectivity index (χ0) is 10.8. The summed E-state index contributed by atoms with van der Waals surface area (Å²) in [6, 6.07) is 5.35. The van der Waals surface area contributed by atoms with E-state index in [1.165, 1.54) is 6.92 Å². The Hall–Kier alpha value is -1.61. The normalized spacial score (nSPS) is 10.3. The molecule has 0 spiro atoms. The van der Waals surface area contributed by atoms with Crippen LogP contribution in [0.1, 0.15) is 6.92 Å². The molecule has 0 atom stereocenters. The summed E-state index contributed by atoms with van der Waals surface area (Å²) >= 11 is 6.03. The molecule has 0 aliphatic rings. The van der Waals surface area contributed by atoms with E-state index in [1.54, 1.807) is 24.5 Å². The Balaban J connectivity index is 2.66. The number of amides is 1. The molecule has 15 heavy (non-hydrogen) atoms. The molecule has 0 fully saturated rings. The Labute approximate surface area is 92.1 Å². The number of aromatic nitrogens is 1. The van der Waals surface area contributed by atoms with E-state index in [0.717, 1.165) is 16.5 Å². The fraction of sp³-hybridized carbons (Fsp3) is 0.0909. The maximum Gasteiger partial charge on any atom is 0.221 e. The molecule has 2 aromatic rings. The Morgan fingerprint density at radius 2 is 2.13 bits per heavy atom. The number of hydrogen-bond donors (Lipinski definition) is 1. The molecule has 0 aliphatic heterocycles. The van der Waals surface area contributed by atoms with Crippen molar-refractivity contribution in [2.75, 3.05) is 5.32 Å². The van der Waals surface area contributed by atoms with E-state index >= 15 is 0 Å². The minimum absolute atomic E-state index is 0.109. The molecule has 3 nitrogen and oxygen atoms in total. The molecule has 0 saturated carbocycles. The molecule has 0 bridgehead atoms. The number of nitrogens with zero attached hydrogens (tertiary/aromatic N) is 1. The van der Waals surface area contributed by atoms with E-state index in [0.29, 0.717) is 5.02 Å². The van der Waals surface area contributed by atoms with Crippen LogP contribution in [0.4, 0.5) is 5.69 Å². The maximum atomic E-state index is 11.0. The Morgan fingerprint density at radius 1 is 1.33 bits per heavy atom. The molecule has 0 aliphatic carbocycles. The number of carbonyl (C=O) groups excluding carboxylic acids is 1. The van der Waals surface area contributed by atoms with Gasteiger partial charge in [0.1, 0.15) is 0 Å². The third kappa shape index (κ3) is 1.92. The van der Waals surface area contributed by atoms with Gasteiger partial charge in [-0.3, -0.25) is 9.78 Å². The first-order valence-electron chi connectivity index (χ1n) is 4.48. The zero-order valence-electron chi connectivity index (χ0n) is 8.12. The van der Waals surface area contributed by atoms with Crippen LogP contribution < -0.4 is 5.32 Å². The van der Waals surface area contributed by atoms with Crippen LogP contribution in [-0.2, 0) is 4.79 Å². The number of anilines is 1. The first kappa shape index (κ1) is 9.93. The highest BCUT2D eigenvalue weighted by Gasteiger charge is 2.05. The van der Waals surface area contributed by atoms with E-state index in [2.05, 4.69) is 10.3 Å². The molecule has 2 rings (SSSR count). The quantitative estimate of drug-likeness (QED) is 0.803. The fourth-order valence-electron chi connectivity index (χ4n) is 1.45. The van der Waals surface area contributed by atoms with Gasteiger partial charge >= 0.3 is 0 Å². The van der Waals surface area contributed by atoms with Gasteiger partial charge in [-0.25, -0.2) is 0 Å². The van der Waals surface area contributed by atoms with Crippen molar-refractivity contribution in [3.63, 3.8) is 0 Å². The lowest BCUT2D eigenvalue weighted by atomic mass is 10.1. The van der Waals surface area contributed by atoms with Gasteiger partial charge in [0.05, 0.1) is 5.69 Å². The van der Waals surface area contributed by atoms with Gasteiger partial charge in [-0.2, -0.15) is 0 Å². The lowest BCUT2D eigenvalue weighted by molar-refractivity contribution is -0.114. The molecule has 4 heteroatoms. The van der Waals surface area contributed by atoms with Crippen LogP contribution in [0.3, 0.4) is 0 Å². The SMILES string of the molecule is CC(=O)Nc1ccc(Cl)c2ccncc12. The standard InChI is InChI=1S/C11H9ClN2O/c1-7(15)14-11-3-2-10(12)8-4-5-13-6-9(8)11/h2-6H,1H3,(H,14,15). The number of pyridine rings is 1. The van der Waals surface area contributed by atoms with Crippen LogP contribution in [-0.4, -0.2) is 10.9 Å². The predicted octanol–water partition coefficient (Wildman–Crippen LogP) is 2.85. The van der Waals surface area contributed by atoms with Gasteiger partial charge in [0, 0.05) is 35.1 Å². The van der Waals surface area contributed by atoms with Crippen LogP contribution in [0.15, 0.2) is 30.6 Å². The molecule has 1 aromatic heterocycles. The molecule has 0 saturated heterocycles. The number of fused-ring (bicyclic) bond motifs is 1. The van der Waals surface area contributed by atoms with Crippen molar-refractivity contribution in [3.05, 3.63) is 35.6 Å². The average molecular weight is 221 g/mol. The number of halogens is 1. The summed E-state index contributed by atoms with van der Waals surface area (Å²) in [4.78, 5) is 15.0. The van der Waals surface area contributed by atoms with E-state index in [9.17, 15) is 4.79 Å². The number of rotatable bonds is 1. The van der Waals surface area contributed by atoms with Crippen LogP contribution in [0.2, 0.25) is 5.02 Å². The predicted molar refractivity (Wildman–Crippen MR) is 61.1 cm³/mol. The van der Waals surface area contributed by atoms with Crippen molar-refractivity contribution in [1.29, 1.82) is 0 Å². The second-order valence-electron chi connectivity index (χ2n) is 3.20. The van der Waals surface area contributed by atoms with Crippen molar-refractivity contribution in [2.45, 2.75) is 6.92 Å². The second-order valence-corrected chi connectivity index (χ2v) is 3.60. The summed E-state index contributed by atoms with van der Waals surface area (Å²) < 4.78 is 0. The number of nitrogens with one attached hydrogen (secondary N) is 1. The van der Waals surface area contributed by atoms with Crippen LogP contribution >= 0.6 is 11.6 Å². The molecule has 1 N–H and O–H groups in total. The molecule has 0 radical (unpaired) electrons. The van der Waals surface area contributed by atoms with Gasteiger partial charge in [0.2, 0.25) is 5.91 Å². The van der Waals surface area contributed by atoms with Crippen molar-refractivity contribution < 1.29 is 4.79 Å². The van der Waals surface area contributed by atoms with E-state index in [-0.39, 0.29) is 5.91 Å². The van der Waals surface area contributed by atoms with E-state index in [1.807, 2.05) is 6.07 Å². The Morgan fingerprint density at radius 3 is 2.87 bits per heavy atom. The van der Waals surface area contributed by atoms with Crippen LogP contribution in [0, 0.1) is 0 Å². The summed E-state index contributed by atoms with van der Waals surface area (Å²) in [5.41, 5.74) is 0.731. The average Bonchev–Trinajstić information content (AvgIpc) is 2.22. The molecular weight excluding hydrogens is 212 g/mol. The monoisotopic (exact) mass is 220 g/mol. The second kappa shape index (κ2) is 3.87. The summed E-state index contributed by atoms with van der Waals surface area (Å²) in [5, 5.41) is 5.13. The molecule has 76 valence electrons. The lowest BCUT2D eigenvalue weighted by Crippen LogP contribution is -2.06. The first-order chi connectivity index (χ1) is 7.18. The zero-order valence-corrected chi connectivity index (χ0v) is 8.88. The number of benzene rings is 1. The van der Waals surface area contributed by atoms with Crippen LogP contribution in [0.5, 0.6) is 0 Å². The highest BCUT2D eigenvalue weighted by Crippen LogP contribution is 2.28. The lowest BCUT2D eigenvalue weighted by Gasteiger charge is -2.07. The van der Waals surface area contributed by atoms with Gasteiger partial charge < -0.3 is 5.32 Å². The Kier molecular flexibility index (Phi) is 2.56. The van der Waals surface area contributed by atoms with Crippen molar-refractivity contribution in [3.8, 4) is 0 Å². The minimum Gasteiger partial charge on any atom is -0.326 e. The molecule has 1 aromatic carbocycles. The highest BCUT2D eigenvalue weighted by atomic mass is 35.5. The summed E-state index contributed by atoms with van der Waals surface area (Å²) in [6.07, 6.45) is 3.36. The van der Waals surface area contributed by atoms with Crippen molar-refractivity contribution in [1.82, 2.24) is 4.98 Å². The topological polar surface area (TPSA) is 42.0 Å².